The molecule has 0 fully saturated rings. The predicted octanol–water partition coefficient (Wildman–Crippen LogP) is 0.113. The summed E-state index contributed by atoms with van der Waals surface area (Å²) in [7, 11) is 2.03. The summed E-state index contributed by atoms with van der Waals surface area (Å²) < 4.78 is 45.0. The van der Waals surface area contributed by atoms with Crippen molar-refractivity contribution in [1.29, 1.82) is 0 Å². The number of hydrogen-bond acceptors (Lipinski definition) is 5. The molecule has 104 valence electrons. The normalized spacial score (nSPS) is 10.7. The largest absolute Gasteiger partial charge is 0.471 e. The Labute approximate surface area is 101 Å². The van der Waals surface area contributed by atoms with Crippen LogP contribution in [0.4, 0.5) is 13.2 Å². The highest BCUT2D eigenvalue weighted by atomic mass is 19.4. The number of alkyl halides is 3. The molecule has 0 spiro atoms. The van der Waals surface area contributed by atoms with E-state index in [1.165, 1.54) is 0 Å². The van der Waals surface area contributed by atoms with Crippen LogP contribution in [0.3, 0.4) is 0 Å². The SMILES string of the molecule is COC(=O)CCN(CC(=O)OC)C(=O)C(F)(F)F. The van der Waals surface area contributed by atoms with Crippen LogP contribution in [0, 0.1) is 0 Å². The van der Waals surface area contributed by atoms with Crippen molar-refractivity contribution in [2.75, 3.05) is 27.3 Å². The highest BCUT2D eigenvalue weighted by Gasteiger charge is 2.43. The standard InChI is InChI=1S/C9H12F3NO5/c1-17-6(14)3-4-13(5-7(15)18-2)8(16)9(10,11)12/h3-5H2,1-2H3. The van der Waals surface area contributed by atoms with Crippen LogP contribution in [0.25, 0.3) is 0 Å². The highest BCUT2D eigenvalue weighted by Crippen LogP contribution is 2.18. The Hall–Kier alpha value is -1.80. The lowest BCUT2D eigenvalue weighted by atomic mass is 10.3. The predicted molar refractivity (Wildman–Crippen MR) is 51.3 cm³/mol. The van der Waals surface area contributed by atoms with Crippen molar-refractivity contribution < 1.29 is 37.0 Å². The second-order valence-electron chi connectivity index (χ2n) is 3.13. The van der Waals surface area contributed by atoms with Crippen molar-refractivity contribution in [2.45, 2.75) is 12.6 Å². The summed E-state index contributed by atoms with van der Waals surface area (Å²) in [6, 6.07) is 0. The molecule has 0 bridgehead atoms. The number of rotatable bonds is 5. The molecule has 0 heterocycles. The molecule has 0 aromatic heterocycles. The molecule has 0 saturated carbocycles. The van der Waals surface area contributed by atoms with E-state index >= 15 is 0 Å². The van der Waals surface area contributed by atoms with Gasteiger partial charge in [-0.2, -0.15) is 13.2 Å². The van der Waals surface area contributed by atoms with E-state index in [4.69, 9.17) is 0 Å². The summed E-state index contributed by atoms with van der Waals surface area (Å²) in [4.78, 5) is 32.8. The molecule has 9 heteroatoms. The van der Waals surface area contributed by atoms with E-state index < -0.39 is 43.5 Å². The van der Waals surface area contributed by atoms with Gasteiger partial charge in [0.1, 0.15) is 6.54 Å². The summed E-state index contributed by atoms with van der Waals surface area (Å²) in [5.74, 6) is -4.02. The van der Waals surface area contributed by atoms with Gasteiger partial charge in [0.25, 0.3) is 0 Å². The fourth-order valence-electron chi connectivity index (χ4n) is 0.980. The van der Waals surface area contributed by atoms with Crippen LogP contribution in [0.2, 0.25) is 0 Å². The Morgan fingerprint density at radius 3 is 1.94 bits per heavy atom. The molecular formula is C9H12F3NO5. The number of carbonyl (C=O) groups is 3. The van der Waals surface area contributed by atoms with Crippen LogP contribution < -0.4 is 0 Å². The van der Waals surface area contributed by atoms with Gasteiger partial charge in [-0.3, -0.25) is 14.4 Å². The summed E-state index contributed by atoms with van der Waals surface area (Å²) >= 11 is 0. The quantitative estimate of drug-likeness (QED) is 0.664. The third-order valence-corrected chi connectivity index (χ3v) is 1.89. The van der Waals surface area contributed by atoms with Crippen molar-refractivity contribution in [3.63, 3.8) is 0 Å². The summed E-state index contributed by atoms with van der Waals surface area (Å²) in [6.45, 7) is -1.47. The molecule has 0 unspecified atom stereocenters. The second-order valence-corrected chi connectivity index (χ2v) is 3.13. The first kappa shape index (κ1) is 16.2. The van der Waals surface area contributed by atoms with E-state index in [1.807, 2.05) is 0 Å². The molecule has 1 amide bonds. The number of ether oxygens (including phenoxy) is 2. The molecule has 0 atom stereocenters. The fraction of sp³-hybridized carbons (Fsp3) is 0.667. The summed E-state index contributed by atoms with van der Waals surface area (Å²) in [5.41, 5.74) is 0. The second kappa shape index (κ2) is 6.82. The Morgan fingerprint density at radius 1 is 1.06 bits per heavy atom. The van der Waals surface area contributed by atoms with E-state index in [2.05, 4.69) is 9.47 Å². The molecule has 0 aromatic carbocycles. The number of hydrogen-bond donors (Lipinski definition) is 0. The maximum atomic E-state index is 12.2. The number of nitrogens with zero attached hydrogens (tertiary/aromatic N) is 1. The van der Waals surface area contributed by atoms with Gasteiger partial charge in [0.2, 0.25) is 0 Å². The first-order chi connectivity index (χ1) is 8.22. The average Bonchev–Trinajstić information content (AvgIpc) is 2.31. The first-order valence-electron chi connectivity index (χ1n) is 4.72. The zero-order chi connectivity index (χ0) is 14.3. The van der Waals surface area contributed by atoms with E-state index in [1.54, 1.807) is 0 Å². The van der Waals surface area contributed by atoms with E-state index in [0.29, 0.717) is 0 Å². The van der Waals surface area contributed by atoms with Crippen LogP contribution in [0.5, 0.6) is 0 Å². The van der Waals surface area contributed by atoms with Gasteiger partial charge < -0.3 is 14.4 Å². The van der Waals surface area contributed by atoms with Crippen molar-refractivity contribution in [3.05, 3.63) is 0 Å². The molecule has 0 aliphatic heterocycles. The number of esters is 2. The Bertz CT molecular complexity index is 329. The lowest BCUT2D eigenvalue weighted by Crippen LogP contribution is -2.45. The van der Waals surface area contributed by atoms with Crippen LogP contribution in [-0.4, -0.2) is 56.2 Å². The number of methoxy groups -OCH3 is 2. The monoisotopic (exact) mass is 271 g/mol. The van der Waals surface area contributed by atoms with Crippen LogP contribution in [0.1, 0.15) is 6.42 Å². The number of halogens is 3. The zero-order valence-electron chi connectivity index (χ0n) is 9.74. The van der Waals surface area contributed by atoms with Crippen LogP contribution >= 0.6 is 0 Å². The van der Waals surface area contributed by atoms with E-state index in [0.717, 1.165) is 14.2 Å². The van der Waals surface area contributed by atoms with Crippen molar-refractivity contribution in [2.24, 2.45) is 0 Å². The Kier molecular flexibility index (Phi) is 6.14. The van der Waals surface area contributed by atoms with Crippen molar-refractivity contribution >= 4 is 17.8 Å². The van der Waals surface area contributed by atoms with Gasteiger partial charge in [-0.25, -0.2) is 0 Å². The van der Waals surface area contributed by atoms with Gasteiger partial charge in [0, 0.05) is 6.54 Å². The lowest BCUT2D eigenvalue weighted by Gasteiger charge is -2.21. The van der Waals surface area contributed by atoms with E-state index in [9.17, 15) is 27.6 Å². The maximum absolute atomic E-state index is 12.2. The van der Waals surface area contributed by atoms with Gasteiger partial charge in [-0.05, 0) is 0 Å². The minimum atomic E-state index is -5.12. The molecule has 0 N–H and O–H groups in total. The molecule has 0 aliphatic carbocycles. The zero-order valence-corrected chi connectivity index (χ0v) is 9.74. The van der Waals surface area contributed by atoms with Crippen LogP contribution in [0.15, 0.2) is 0 Å². The maximum Gasteiger partial charge on any atom is 0.471 e. The lowest BCUT2D eigenvalue weighted by molar-refractivity contribution is -0.187. The van der Waals surface area contributed by atoms with Gasteiger partial charge >= 0.3 is 24.0 Å². The van der Waals surface area contributed by atoms with Crippen molar-refractivity contribution in [3.8, 4) is 0 Å². The molecule has 0 rings (SSSR count). The number of amides is 1. The fourth-order valence-corrected chi connectivity index (χ4v) is 0.980. The Morgan fingerprint density at radius 2 is 1.56 bits per heavy atom. The summed E-state index contributed by atoms with van der Waals surface area (Å²) in [6.07, 6.45) is -5.57. The highest BCUT2D eigenvalue weighted by molar-refractivity contribution is 5.86. The van der Waals surface area contributed by atoms with Crippen LogP contribution in [-0.2, 0) is 23.9 Å². The third-order valence-electron chi connectivity index (χ3n) is 1.89. The van der Waals surface area contributed by atoms with Gasteiger partial charge in [0.15, 0.2) is 0 Å². The number of carbonyl (C=O) groups excluding carboxylic acids is 3. The van der Waals surface area contributed by atoms with Crippen molar-refractivity contribution in [1.82, 2.24) is 4.90 Å². The van der Waals surface area contributed by atoms with Gasteiger partial charge in [0.05, 0.1) is 20.6 Å². The molecule has 0 radical (unpaired) electrons. The average molecular weight is 271 g/mol. The molecule has 0 aromatic rings. The molecule has 6 nitrogen and oxygen atoms in total. The van der Waals surface area contributed by atoms with Gasteiger partial charge in [-0.1, -0.05) is 0 Å². The summed E-state index contributed by atoms with van der Waals surface area (Å²) in [5, 5.41) is 0. The minimum absolute atomic E-state index is 0.183. The molecule has 0 saturated heterocycles. The molecule has 18 heavy (non-hydrogen) atoms. The van der Waals surface area contributed by atoms with Gasteiger partial charge in [-0.15, -0.1) is 0 Å². The Balaban J connectivity index is 4.67. The topological polar surface area (TPSA) is 72.9 Å². The third kappa shape index (κ3) is 5.51. The minimum Gasteiger partial charge on any atom is -0.469 e. The smallest absolute Gasteiger partial charge is 0.469 e. The van der Waals surface area contributed by atoms with E-state index in [-0.39, 0.29) is 4.90 Å². The molecular weight excluding hydrogens is 259 g/mol. The first-order valence-corrected chi connectivity index (χ1v) is 4.72. The molecule has 0 aliphatic rings.